The summed E-state index contributed by atoms with van der Waals surface area (Å²) in [5.41, 5.74) is 1.06. The third-order valence-electron chi connectivity index (χ3n) is 4.77. The van der Waals surface area contributed by atoms with Crippen molar-refractivity contribution in [2.24, 2.45) is 0 Å². The van der Waals surface area contributed by atoms with Crippen LogP contribution in [0.4, 0.5) is 28.7 Å². The number of nitrogens with one attached hydrogen (secondary N) is 2. The molecular weight excluding hydrogens is 422 g/mol. The average Bonchev–Trinajstić information content (AvgIpc) is 2.82. The van der Waals surface area contributed by atoms with E-state index in [0.717, 1.165) is 37.2 Å². The Morgan fingerprint density at radius 1 is 0.788 bits per heavy atom. The highest BCUT2D eigenvalue weighted by molar-refractivity contribution is 5.76. The molecule has 0 spiro atoms. The van der Waals surface area contributed by atoms with Crippen molar-refractivity contribution in [2.45, 2.75) is 39.5 Å². The van der Waals surface area contributed by atoms with E-state index in [-0.39, 0.29) is 17.3 Å². The molecule has 1 aromatic heterocycles. The second-order valence-corrected chi connectivity index (χ2v) is 7.38. The monoisotopic (exact) mass is 451 g/mol. The van der Waals surface area contributed by atoms with Crippen molar-refractivity contribution in [3.63, 3.8) is 0 Å². The van der Waals surface area contributed by atoms with Gasteiger partial charge in [0.15, 0.2) is 0 Å². The Bertz CT molecular complexity index is 952. The lowest BCUT2D eigenvalue weighted by Crippen LogP contribution is -2.05. The van der Waals surface area contributed by atoms with Crippen LogP contribution in [0.25, 0.3) is 0 Å². The Labute approximate surface area is 193 Å². The van der Waals surface area contributed by atoms with Crippen molar-refractivity contribution in [2.75, 3.05) is 23.8 Å². The highest BCUT2D eigenvalue weighted by Crippen LogP contribution is 2.33. The number of ether oxygens (including phenoxy) is 2. The Kier molecular flexibility index (Phi) is 8.81. The van der Waals surface area contributed by atoms with Gasteiger partial charge in [0.05, 0.1) is 18.1 Å². The smallest absolute Gasteiger partial charge is 0.353 e. The Morgan fingerprint density at radius 3 is 1.58 bits per heavy atom. The molecule has 0 aliphatic carbocycles. The van der Waals surface area contributed by atoms with Gasteiger partial charge in [-0.2, -0.15) is 0 Å². The Morgan fingerprint density at radius 2 is 1.21 bits per heavy atom. The van der Waals surface area contributed by atoms with Crippen molar-refractivity contribution in [1.82, 2.24) is 9.97 Å². The third kappa shape index (κ3) is 7.06. The summed E-state index contributed by atoms with van der Waals surface area (Å²) in [7, 11) is 0. The summed E-state index contributed by atoms with van der Waals surface area (Å²) in [5, 5.41) is 17.8. The molecule has 0 saturated carbocycles. The normalized spacial score (nSPS) is 10.5. The van der Waals surface area contributed by atoms with Gasteiger partial charge in [0.1, 0.15) is 17.8 Å². The molecule has 0 unspecified atom stereocenters. The molecule has 33 heavy (non-hydrogen) atoms. The van der Waals surface area contributed by atoms with E-state index < -0.39 is 4.92 Å². The molecule has 174 valence electrons. The number of nitro groups is 1. The molecule has 0 aliphatic rings. The number of nitrogens with zero attached hydrogens (tertiary/aromatic N) is 3. The number of unbranched alkanes of at least 4 members (excludes halogenated alkanes) is 2. The quantitative estimate of drug-likeness (QED) is 0.179. The van der Waals surface area contributed by atoms with E-state index in [1.165, 1.54) is 6.33 Å². The summed E-state index contributed by atoms with van der Waals surface area (Å²) in [4.78, 5) is 19.5. The van der Waals surface area contributed by atoms with Gasteiger partial charge >= 0.3 is 5.69 Å². The minimum atomic E-state index is -0.505. The predicted molar refractivity (Wildman–Crippen MR) is 129 cm³/mol. The van der Waals surface area contributed by atoms with E-state index in [0.29, 0.717) is 24.6 Å². The standard InChI is InChI=1S/C24H29N5O4/c1-3-5-15-32-20-11-7-18(8-12-20)27-23-22(29(30)31)24(26-17-25-23)28-19-9-13-21(14-10-19)33-16-6-4-2/h7-14,17H,3-6,15-16H2,1-2H3,(H2,25,26,27,28). The molecular formula is C24H29N5O4. The first-order valence-electron chi connectivity index (χ1n) is 11.1. The van der Waals surface area contributed by atoms with Gasteiger partial charge in [-0.1, -0.05) is 26.7 Å². The average molecular weight is 452 g/mol. The minimum absolute atomic E-state index is 0.0941. The van der Waals surface area contributed by atoms with Crippen molar-refractivity contribution in [3.8, 4) is 11.5 Å². The molecule has 0 saturated heterocycles. The lowest BCUT2D eigenvalue weighted by Gasteiger charge is -2.11. The second-order valence-electron chi connectivity index (χ2n) is 7.38. The van der Waals surface area contributed by atoms with Gasteiger partial charge in [-0.15, -0.1) is 0 Å². The first-order valence-corrected chi connectivity index (χ1v) is 11.1. The summed E-state index contributed by atoms with van der Waals surface area (Å²) in [6, 6.07) is 14.4. The van der Waals surface area contributed by atoms with Crippen LogP contribution in [-0.2, 0) is 0 Å². The van der Waals surface area contributed by atoms with Crippen molar-refractivity contribution in [1.29, 1.82) is 0 Å². The van der Waals surface area contributed by atoms with Crippen LogP contribution < -0.4 is 20.1 Å². The van der Waals surface area contributed by atoms with Gasteiger partial charge in [0, 0.05) is 11.4 Å². The molecule has 9 heteroatoms. The molecule has 3 rings (SSSR count). The van der Waals surface area contributed by atoms with Crippen LogP contribution in [0.5, 0.6) is 11.5 Å². The van der Waals surface area contributed by atoms with E-state index in [4.69, 9.17) is 9.47 Å². The molecule has 0 bridgehead atoms. The highest BCUT2D eigenvalue weighted by atomic mass is 16.6. The lowest BCUT2D eigenvalue weighted by molar-refractivity contribution is -0.383. The van der Waals surface area contributed by atoms with Crippen LogP contribution in [0.15, 0.2) is 54.9 Å². The maximum atomic E-state index is 11.8. The summed E-state index contributed by atoms with van der Waals surface area (Å²) in [6.07, 6.45) is 5.37. The number of aromatic nitrogens is 2. The molecule has 1 heterocycles. The van der Waals surface area contributed by atoms with Gasteiger partial charge in [-0.05, 0) is 61.4 Å². The van der Waals surface area contributed by atoms with Gasteiger partial charge in [-0.25, -0.2) is 9.97 Å². The third-order valence-corrected chi connectivity index (χ3v) is 4.77. The summed E-state index contributed by atoms with van der Waals surface area (Å²) in [5.74, 6) is 1.68. The van der Waals surface area contributed by atoms with Crippen LogP contribution in [0.2, 0.25) is 0 Å². The number of benzene rings is 2. The van der Waals surface area contributed by atoms with Crippen molar-refractivity contribution in [3.05, 3.63) is 65.0 Å². The molecule has 2 N–H and O–H groups in total. The van der Waals surface area contributed by atoms with Crippen LogP contribution in [-0.4, -0.2) is 28.1 Å². The minimum Gasteiger partial charge on any atom is -0.494 e. The van der Waals surface area contributed by atoms with Gasteiger partial charge in [0.25, 0.3) is 0 Å². The predicted octanol–water partition coefficient (Wildman–Crippen LogP) is 6.23. The Balaban J connectivity index is 1.72. The zero-order valence-corrected chi connectivity index (χ0v) is 18.9. The lowest BCUT2D eigenvalue weighted by atomic mass is 10.2. The van der Waals surface area contributed by atoms with E-state index in [2.05, 4.69) is 34.4 Å². The van der Waals surface area contributed by atoms with Gasteiger partial charge in [-0.3, -0.25) is 10.1 Å². The summed E-state index contributed by atoms with van der Waals surface area (Å²) < 4.78 is 11.3. The number of rotatable bonds is 13. The molecule has 3 aromatic rings. The maximum absolute atomic E-state index is 11.8. The molecule has 0 atom stereocenters. The molecule has 0 aliphatic heterocycles. The summed E-state index contributed by atoms with van der Waals surface area (Å²) >= 11 is 0. The van der Waals surface area contributed by atoms with Crippen LogP contribution in [0.3, 0.4) is 0 Å². The van der Waals surface area contributed by atoms with E-state index in [1.807, 2.05) is 24.3 Å². The Hall–Kier alpha value is -3.88. The molecule has 2 aromatic carbocycles. The van der Waals surface area contributed by atoms with Crippen molar-refractivity contribution < 1.29 is 14.4 Å². The molecule has 0 amide bonds. The van der Waals surface area contributed by atoms with E-state index >= 15 is 0 Å². The van der Waals surface area contributed by atoms with E-state index in [9.17, 15) is 10.1 Å². The zero-order chi connectivity index (χ0) is 23.5. The topological polar surface area (TPSA) is 111 Å². The van der Waals surface area contributed by atoms with Gasteiger partial charge < -0.3 is 20.1 Å². The van der Waals surface area contributed by atoms with E-state index in [1.54, 1.807) is 24.3 Å². The number of anilines is 4. The molecule has 0 fully saturated rings. The fraction of sp³-hybridized carbons (Fsp3) is 0.333. The number of hydrogen-bond acceptors (Lipinski definition) is 8. The van der Waals surface area contributed by atoms with Crippen molar-refractivity contribution >= 4 is 28.7 Å². The van der Waals surface area contributed by atoms with Crippen LogP contribution in [0, 0.1) is 10.1 Å². The zero-order valence-electron chi connectivity index (χ0n) is 18.9. The largest absolute Gasteiger partial charge is 0.494 e. The fourth-order valence-electron chi connectivity index (χ4n) is 2.95. The van der Waals surface area contributed by atoms with Crippen LogP contribution in [0.1, 0.15) is 39.5 Å². The first kappa shape index (κ1) is 23.8. The maximum Gasteiger partial charge on any atom is 0.353 e. The highest BCUT2D eigenvalue weighted by Gasteiger charge is 2.23. The fourth-order valence-corrected chi connectivity index (χ4v) is 2.95. The second kappa shape index (κ2) is 12.2. The van der Waals surface area contributed by atoms with Gasteiger partial charge in [0.2, 0.25) is 11.6 Å². The van der Waals surface area contributed by atoms with Crippen LogP contribution >= 0.6 is 0 Å². The molecule has 9 nitrogen and oxygen atoms in total. The number of hydrogen-bond donors (Lipinski definition) is 2. The molecule has 0 radical (unpaired) electrons. The summed E-state index contributed by atoms with van der Waals surface area (Å²) in [6.45, 7) is 5.52. The SMILES string of the molecule is CCCCOc1ccc(Nc2ncnc(Nc3ccc(OCCCC)cc3)c2[N+](=O)[O-])cc1. The first-order chi connectivity index (χ1) is 16.1.